The van der Waals surface area contributed by atoms with Crippen LogP contribution in [0.3, 0.4) is 0 Å². The van der Waals surface area contributed by atoms with E-state index >= 15 is 0 Å². The van der Waals surface area contributed by atoms with Gasteiger partial charge in [0.15, 0.2) is 0 Å². The van der Waals surface area contributed by atoms with Gasteiger partial charge >= 0.3 is 0 Å². The lowest BCUT2D eigenvalue weighted by atomic mass is 9.95. The lowest BCUT2D eigenvalue weighted by molar-refractivity contribution is -0.122. The zero-order chi connectivity index (χ0) is 10.8. The van der Waals surface area contributed by atoms with Crippen LogP contribution in [-0.4, -0.2) is 5.78 Å². The summed E-state index contributed by atoms with van der Waals surface area (Å²) in [4.78, 5) is 11.9. The second kappa shape index (κ2) is 4.18. The van der Waals surface area contributed by atoms with Gasteiger partial charge in [0.2, 0.25) is 0 Å². The van der Waals surface area contributed by atoms with Gasteiger partial charge in [-0.1, -0.05) is 36.8 Å². The highest BCUT2D eigenvalue weighted by Gasteiger charge is 2.32. The van der Waals surface area contributed by atoms with Crippen molar-refractivity contribution in [3.8, 4) is 0 Å². The van der Waals surface area contributed by atoms with Gasteiger partial charge in [0.05, 0.1) is 0 Å². The van der Waals surface area contributed by atoms with Gasteiger partial charge in [-0.3, -0.25) is 4.79 Å². The molecule has 0 aromatic heterocycles. The number of ketones is 1. The van der Waals surface area contributed by atoms with Crippen molar-refractivity contribution in [1.29, 1.82) is 0 Å². The maximum absolute atomic E-state index is 11.9. The Balaban J connectivity index is 1.95. The summed E-state index contributed by atoms with van der Waals surface area (Å²) in [6.45, 7) is 4.15. The third-order valence-electron chi connectivity index (χ3n) is 3.34. The maximum Gasteiger partial charge on any atom is 0.140 e. The summed E-state index contributed by atoms with van der Waals surface area (Å²) >= 11 is 0. The standard InChI is InChI=1S/C14H18O/c1-10-3-5-12(6-4-10)9-14(15)11(2)13-7-8-13/h3-6,11,13H,7-9H2,1-2H3. The summed E-state index contributed by atoms with van der Waals surface area (Å²) in [5.74, 6) is 1.36. The van der Waals surface area contributed by atoms with E-state index in [0.717, 1.165) is 5.56 Å². The summed E-state index contributed by atoms with van der Waals surface area (Å²) in [5, 5.41) is 0. The van der Waals surface area contributed by atoms with E-state index in [9.17, 15) is 4.79 Å². The van der Waals surface area contributed by atoms with E-state index in [1.165, 1.54) is 18.4 Å². The molecular weight excluding hydrogens is 184 g/mol. The van der Waals surface area contributed by atoms with Gasteiger partial charge in [-0.05, 0) is 31.2 Å². The smallest absolute Gasteiger partial charge is 0.140 e. The van der Waals surface area contributed by atoms with Gasteiger partial charge in [-0.25, -0.2) is 0 Å². The molecule has 1 heteroatoms. The third-order valence-corrected chi connectivity index (χ3v) is 3.34. The van der Waals surface area contributed by atoms with Gasteiger partial charge in [0, 0.05) is 12.3 Å². The average molecular weight is 202 g/mol. The lowest BCUT2D eigenvalue weighted by Crippen LogP contribution is -2.15. The first-order valence-corrected chi connectivity index (χ1v) is 5.75. The molecule has 1 saturated carbocycles. The molecular formula is C14H18O. The minimum atomic E-state index is 0.270. The molecule has 0 spiro atoms. The van der Waals surface area contributed by atoms with E-state index < -0.39 is 0 Å². The van der Waals surface area contributed by atoms with Crippen molar-refractivity contribution in [1.82, 2.24) is 0 Å². The first kappa shape index (κ1) is 10.4. The quantitative estimate of drug-likeness (QED) is 0.733. The number of hydrogen-bond acceptors (Lipinski definition) is 1. The van der Waals surface area contributed by atoms with Crippen LogP contribution in [0.1, 0.15) is 30.9 Å². The predicted molar refractivity (Wildman–Crippen MR) is 61.8 cm³/mol. The molecule has 80 valence electrons. The first-order valence-electron chi connectivity index (χ1n) is 5.75. The Labute approximate surface area is 91.5 Å². The van der Waals surface area contributed by atoms with Crippen LogP contribution in [0.25, 0.3) is 0 Å². The summed E-state index contributed by atoms with van der Waals surface area (Å²) in [6.07, 6.45) is 3.11. The van der Waals surface area contributed by atoms with E-state index in [1.54, 1.807) is 0 Å². The molecule has 1 aromatic rings. The van der Waals surface area contributed by atoms with Crippen molar-refractivity contribution in [3.63, 3.8) is 0 Å². The Morgan fingerprint density at radius 3 is 2.47 bits per heavy atom. The van der Waals surface area contributed by atoms with E-state index in [2.05, 4.69) is 38.1 Å². The molecule has 0 bridgehead atoms. The van der Waals surface area contributed by atoms with Crippen LogP contribution >= 0.6 is 0 Å². The largest absolute Gasteiger partial charge is 0.299 e. The van der Waals surface area contributed by atoms with Crippen LogP contribution in [0.4, 0.5) is 0 Å². The molecule has 0 N–H and O–H groups in total. The normalized spacial score (nSPS) is 17.5. The summed E-state index contributed by atoms with van der Waals surface area (Å²) < 4.78 is 0. The van der Waals surface area contributed by atoms with Crippen molar-refractivity contribution in [2.24, 2.45) is 11.8 Å². The highest BCUT2D eigenvalue weighted by molar-refractivity contribution is 5.83. The van der Waals surface area contributed by atoms with E-state index in [0.29, 0.717) is 18.1 Å². The summed E-state index contributed by atoms with van der Waals surface area (Å²) in [7, 11) is 0. The molecule has 1 unspecified atom stereocenters. The van der Waals surface area contributed by atoms with Crippen LogP contribution in [0, 0.1) is 18.8 Å². The molecule has 0 saturated heterocycles. The van der Waals surface area contributed by atoms with Gasteiger partial charge in [0.1, 0.15) is 5.78 Å². The van der Waals surface area contributed by atoms with Crippen molar-refractivity contribution in [3.05, 3.63) is 35.4 Å². The maximum atomic E-state index is 11.9. The number of hydrogen-bond donors (Lipinski definition) is 0. The van der Waals surface area contributed by atoms with Gasteiger partial charge in [-0.2, -0.15) is 0 Å². The number of rotatable bonds is 4. The van der Waals surface area contributed by atoms with Crippen molar-refractivity contribution >= 4 is 5.78 Å². The van der Waals surface area contributed by atoms with Crippen molar-refractivity contribution < 1.29 is 4.79 Å². The van der Waals surface area contributed by atoms with Gasteiger partial charge in [0.25, 0.3) is 0 Å². The van der Waals surface area contributed by atoms with Crippen LogP contribution in [0.5, 0.6) is 0 Å². The SMILES string of the molecule is Cc1ccc(CC(=O)C(C)C2CC2)cc1. The van der Waals surface area contributed by atoms with E-state index in [4.69, 9.17) is 0 Å². The fraction of sp³-hybridized carbons (Fsp3) is 0.500. The fourth-order valence-electron chi connectivity index (χ4n) is 1.93. The topological polar surface area (TPSA) is 17.1 Å². The van der Waals surface area contributed by atoms with Crippen LogP contribution < -0.4 is 0 Å². The molecule has 1 fully saturated rings. The second-order valence-corrected chi connectivity index (χ2v) is 4.75. The number of aryl methyl sites for hydroxylation is 1. The molecule has 0 amide bonds. The van der Waals surface area contributed by atoms with Crippen LogP contribution in [0.15, 0.2) is 24.3 Å². The van der Waals surface area contributed by atoms with Gasteiger partial charge < -0.3 is 0 Å². The van der Waals surface area contributed by atoms with Crippen LogP contribution in [-0.2, 0) is 11.2 Å². The highest BCUT2D eigenvalue weighted by Crippen LogP contribution is 2.37. The Morgan fingerprint density at radius 2 is 1.93 bits per heavy atom. The Hall–Kier alpha value is -1.11. The molecule has 2 rings (SSSR count). The Kier molecular flexibility index (Phi) is 2.90. The predicted octanol–water partition coefficient (Wildman–Crippen LogP) is 3.15. The van der Waals surface area contributed by atoms with E-state index in [-0.39, 0.29) is 5.92 Å². The molecule has 0 radical (unpaired) electrons. The van der Waals surface area contributed by atoms with Crippen molar-refractivity contribution in [2.75, 3.05) is 0 Å². The van der Waals surface area contributed by atoms with Gasteiger partial charge in [-0.15, -0.1) is 0 Å². The summed E-state index contributed by atoms with van der Waals surface area (Å²) in [6, 6.07) is 8.27. The Bertz CT molecular complexity index is 346. The number of benzene rings is 1. The number of Topliss-reactive ketones (excluding diaryl/α,β-unsaturated/α-hetero) is 1. The zero-order valence-electron chi connectivity index (χ0n) is 9.49. The highest BCUT2D eigenvalue weighted by atomic mass is 16.1. The van der Waals surface area contributed by atoms with Crippen molar-refractivity contribution in [2.45, 2.75) is 33.1 Å². The third kappa shape index (κ3) is 2.68. The molecule has 0 aliphatic heterocycles. The molecule has 15 heavy (non-hydrogen) atoms. The number of carbonyl (C=O) groups is 1. The molecule has 1 atom stereocenters. The molecule has 0 heterocycles. The minimum Gasteiger partial charge on any atom is -0.299 e. The average Bonchev–Trinajstić information content (AvgIpc) is 3.04. The fourth-order valence-corrected chi connectivity index (χ4v) is 1.93. The number of carbonyl (C=O) groups excluding carboxylic acids is 1. The molecule has 1 nitrogen and oxygen atoms in total. The minimum absolute atomic E-state index is 0.270. The zero-order valence-corrected chi connectivity index (χ0v) is 9.49. The molecule has 1 aliphatic carbocycles. The van der Waals surface area contributed by atoms with E-state index in [1.807, 2.05) is 0 Å². The Morgan fingerprint density at radius 1 is 1.33 bits per heavy atom. The lowest BCUT2D eigenvalue weighted by Gasteiger charge is -2.08. The first-order chi connectivity index (χ1) is 7.16. The molecule has 1 aromatic carbocycles. The monoisotopic (exact) mass is 202 g/mol. The second-order valence-electron chi connectivity index (χ2n) is 4.75. The summed E-state index contributed by atoms with van der Waals surface area (Å²) in [5.41, 5.74) is 2.40. The van der Waals surface area contributed by atoms with Crippen LogP contribution in [0.2, 0.25) is 0 Å². The molecule has 1 aliphatic rings.